The maximum atomic E-state index is 12.4. The fourth-order valence-corrected chi connectivity index (χ4v) is 6.36. The Kier molecular flexibility index (Phi) is 4.59. The Balaban J connectivity index is 1.24. The number of hydrogen-bond donors (Lipinski definition) is 1. The van der Waals surface area contributed by atoms with Crippen LogP contribution in [0.5, 0.6) is 0 Å². The zero-order chi connectivity index (χ0) is 17.4. The second-order valence-electron chi connectivity index (χ2n) is 9.06. The van der Waals surface area contributed by atoms with Gasteiger partial charge >= 0.3 is 5.97 Å². The van der Waals surface area contributed by atoms with E-state index in [0.717, 1.165) is 30.6 Å². The van der Waals surface area contributed by atoms with E-state index in [1.54, 1.807) is 0 Å². The monoisotopic (exact) mass is 347 g/mol. The molecule has 4 bridgehead atoms. The maximum absolute atomic E-state index is 12.4. The Morgan fingerprint density at radius 2 is 1.68 bits per heavy atom. The van der Waals surface area contributed by atoms with E-state index in [4.69, 9.17) is 4.74 Å². The van der Waals surface area contributed by atoms with Gasteiger partial charge in [-0.15, -0.1) is 0 Å². The number of Topliss-reactive ketones (excluding diaryl/α,β-unsaturated/α-hetero) is 1. The summed E-state index contributed by atoms with van der Waals surface area (Å²) in [5.41, 5.74) is 0.183. The normalized spacial score (nSPS) is 39.3. The van der Waals surface area contributed by atoms with Gasteiger partial charge in [-0.05, 0) is 81.0 Å². The predicted octanol–water partition coefficient (Wildman–Crippen LogP) is 2.76. The Labute approximate surface area is 149 Å². The number of amides is 1. The topological polar surface area (TPSA) is 72.5 Å². The van der Waals surface area contributed by atoms with Crippen molar-refractivity contribution in [3.8, 4) is 0 Å². The van der Waals surface area contributed by atoms with Crippen LogP contribution in [0.2, 0.25) is 0 Å². The molecule has 0 saturated heterocycles. The SMILES string of the molecule is O=C(CC12CC3CC(CC(C3)C1)C2)NCC(=O)O[C@@H]1CCCCC1=O. The van der Waals surface area contributed by atoms with Crippen LogP contribution in [0.3, 0.4) is 0 Å². The van der Waals surface area contributed by atoms with Gasteiger partial charge in [0.25, 0.3) is 0 Å². The van der Waals surface area contributed by atoms with Crippen molar-refractivity contribution in [2.75, 3.05) is 6.54 Å². The summed E-state index contributed by atoms with van der Waals surface area (Å²) < 4.78 is 5.24. The van der Waals surface area contributed by atoms with Gasteiger partial charge in [-0.3, -0.25) is 14.4 Å². The van der Waals surface area contributed by atoms with Gasteiger partial charge in [0.05, 0.1) is 0 Å². The summed E-state index contributed by atoms with van der Waals surface area (Å²) in [6.07, 6.45) is 10.5. The minimum absolute atomic E-state index is 0.0134. The van der Waals surface area contributed by atoms with E-state index in [-0.39, 0.29) is 23.7 Å². The zero-order valence-electron chi connectivity index (χ0n) is 14.9. The van der Waals surface area contributed by atoms with E-state index >= 15 is 0 Å². The molecule has 138 valence electrons. The maximum Gasteiger partial charge on any atom is 0.326 e. The minimum atomic E-state index is -0.596. The standard InChI is InChI=1S/C20H29NO4/c22-16-3-1-2-4-17(16)25-19(24)12-21-18(23)11-20-8-13-5-14(9-20)7-15(6-13)10-20/h13-15,17H,1-12H2,(H,21,23)/t13?,14?,15?,17-,20?/m1/s1. The third-order valence-corrected chi connectivity index (χ3v) is 6.90. The van der Waals surface area contributed by atoms with E-state index in [2.05, 4.69) is 5.32 Å². The summed E-state index contributed by atoms with van der Waals surface area (Å²) in [4.78, 5) is 36.1. The van der Waals surface area contributed by atoms with Crippen molar-refractivity contribution in [3.05, 3.63) is 0 Å². The minimum Gasteiger partial charge on any atom is -0.453 e. The highest BCUT2D eigenvalue weighted by Gasteiger charge is 2.51. The smallest absolute Gasteiger partial charge is 0.326 e. The molecule has 0 aliphatic heterocycles. The highest BCUT2D eigenvalue weighted by atomic mass is 16.5. The third-order valence-electron chi connectivity index (χ3n) is 6.90. The Morgan fingerprint density at radius 1 is 1.04 bits per heavy atom. The predicted molar refractivity (Wildman–Crippen MR) is 91.6 cm³/mol. The number of esters is 1. The second-order valence-corrected chi connectivity index (χ2v) is 9.06. The molecular weight excluding hydrogens is 318 g/mol. The fraction of sp³-hybridized carbons (Fsp3) is 0.850. The van der Waals surface area contributed by atoms with Crippen LogP contribution in [0.1, 0.15) is 70.6 Å². The molecule has 5 heteroatoms. The van der Waals surface area contributed by atoms with Crippen LogP contribution in [0.4, 0.5) is 0 Å². The van der Waals surface area contributed by atoms with Crippen LogP contribution in [0.15, 0.2) is 0 Å². The first-order valence-corrected chi connectivity index (χ1v) is 10.0. The Hall–Kier alpha value is -1.39. The number of nitrogens with one attached hydrogen (secondary N) is 1. The van der Waals surface area contributed by atoms with Crippen LogP contribution >= 0.6 is 0 Å². The van der Waals surface area contributed by atoms with Gasteiger partial charge in [-0.2, -0.15) is 0 Å². The number of rotatable bonds is 5. The van der Waals surface area contributed by atoms with Gasteiger partial charge in [0.2, 0.25) is 5.91 Å². The lowest BCUT2D eigenvalue weighted by molar-refractivity contribution is -0.156. The van der Waals surface area contributed by atoms with Crippen molar-refractivity contribution in [2.24, 2.45) is 23.2 Å². The van der Waals surface area contributed by atoms with Crippen LogP contribution in [-0.2, 0) is 19.1 Å². The van der Waals surface area contributed by atoms with Gasteiger partial charge in [0.15, 0.2) is 11.9 Å². The summed E-state index contributed by atoms with van der Waals surface area (Å²) in [6, 6.07) is 0. The van der Waals surface area contributed by atoms with Gasteiger partial charge < -0.3 is 10.1 Å². The summed E-state index contributed by atoms with van der Waals surface area (Å²) in [5.74, 6) is 1.96. The lowest BCUT2D eigenvalue weighted by Gasteiger charge is -2.56. The first-order chi connectivity index (χ1) is 12.0. The van der Waals surface area contributed by atoms with Crippen molar-refractivity contribution in [1.29, 1.82) is 0 Å². The van der Waals surface area contributed by atoms with Crippen LogP contribution in [0.25, 0.3) is 0 Å². The molecule has 0 unspecified atom stereocenters. The lowest BCUT2D eigenvalue weighted by atomic mass is 9.49. The van der Waals surface area contributed by atoms with E-state index in [0.29, 0.717) is 19.3 Å². The Bertz CT molecular complexity index is 535. The largest absolute Gasteiger partial charge is 0.453 e. The van der Waals surface area contributed by atoms with Gasteiger partial charge in [-0.25, -0.2) is 0 Å². The summed E-state index contributed by atoms with van der Waals surface area (Å²) in [7, 11) is 0. The van der Waals surface area contributed by atoms with Crippen molar-refractivity contribution in [3.63, 3.8) is 0 Å². The van der Waals surface area contributed by atoms with Crippen LogP contribution in [0, 0.1) is 23.2 Å². The molecule has 0 aromatic heterocycles. The van der Waals surface area contributed by atoms with E-state index in [9.17, 15) is 14.4 Å². The molecule has 5 saturated carbocycles. The van der Waals surface area contributed by atoms with E-state index in [1.165, 1.54) is 38.5 Å². The number of carbonyl (C=O) groups is 3. The van der Waals surface area contributed by atoms with Gasteiger partial charge in [-0.1, -0.05) is 0 Å². The van der Waals surface area contributed by atoms with Gasteiger partial charge in [0.1, 0.15) is 6.54 Å². The lowest BCUT2D eigenvalue weighted by Crippen LogP contribution is -2.48. The summed E-state index contributed by atoms with van der Waals surface area (Å²) >= 11 is 0. The summed E-state index contributed by atoms with van der Waals surface area (Å²) in [5, 5.41) is 2.74. The molecule has 1 amide bonds. The fourth-order valence-electron chi connectivity index (χ4n) is 6.36. The number of ketones is 1. The quantitative estimate of drug-likeness (QED) is 0.776. The first kappa shape index (κ1) is 17.0. The molecule has 5 nitrogen and oxygen atoms in total. The molecule has 25 heavy (non-hydrogen) atoms. The van der Waals surface area contributed by atoms with E-state index < -0.39 is 12.1 Å². The highest BCUT2D eigenvalue weighted by Crippen LogP contribution is 2.61. The molecule has 0 heterocycles. The van der Waals surface area contributed by atoms with Crippen molar-refractivity contribution < 1.29 is 19.1 Å². The molecule has 5 rings (SSSR count). The average molecular weight is 347 g/mol. The summed E-state index contributed by atoms with van der Waals surface area (Å²) in [6.45, 7) is -0.116. The molecule has 0 radical (unpaired) electrons. The second kappa shape index (κ2) is 6.73. The third kappa shape index (κ3) is 3.75. The molecule has 5 fully saturated rings. The number of carbonyl (C=O) groups excluding carboxylic acids is 3. The van der Waals surface area contributed by atoms with Crippen molar-refractivity contribution in [2.45, 2.75) is 76.7 Å². The average Bonchev–Trinajstić information content (AvgIpc) is 2.53. The highest BCUT2D eigenvalue weighted by molar-refractivity contribution is 5.87. The molecular formula is C20H29NO4. The van der Waals surface area contributed by atoms with Crippen molar-refractivity contribution in [1.82, 2.24) is 5.32 Å². The number of hydrogen-bond acceptors (Lipinski definition) is 4. The van der Waals surface area contributed by atoms with Crippen molar-refractivity contribution >= 4 is 17.7 Å². The van der Waals surface area contributed by atoms with Gasteiger partial charge in [0, 0.05) is 12.8 Å². The molecule has 5 aliphatic rings. The number of ether oxygens (including phenoxy) is 1. The van der Waals surface area contributed by atoms with Crippen LogP contribution < -0.4 is 5.32 Å². The first-order valence-electron chi connectivity index (χ1n) is 10.0. The van der Waals surface area contributed by atoms with E-state index in [1.807, 2.05) is 0 Å². The molecule has 0 aromatic rings. The Morgan fingerprint density at radius 3 is 2.28 bits per heavy atom. The molecule has 1 N–H and O–H groups in total. The molecule has 0 aromatic carbocycles. The molecule has 0 spiro atoms. The molecule has 1 atom stereocenters. The zero-order valence-corrected chi connectivity index (χ0v) is 14.9. The van der Waals surface area contributed by atoms with Crippen LogP contribution in [-0.4, -0.2) is 30.3 Å². The molecule has 5 aliphatic carbocycles.